The van der Waals surface area contributed by atoms with E-state index in [1.165, 1.54) is 17.5 Å². The zero-order valence-corrected chi connectivity index (χ0v) is 14.3. The predicted molar refractivity (Wildman–Crippen MR) is 96.4 cm³/mol. The fraction of sp³-hybridized carbons (Fsp3) is 0.350. The number of fused-ring (bicyclic) bond motifs is 1. The topological polar surface area (TPSA) is 41.6 Å². The van der Waals surface area contributed by atoms with Crippen LogP contribution in [0.2, 0.25) is 0 Å². The highest BCUT2D eigenvalue weighted by Gasteiger charge is 2.24. The van der Waals surface area contributed by atoms with Gasteiger partial charge in [0.15, 0.2) is 0 Å². The normalized spacial score (nSPS) is 16.5. The van der Waals surface area contributed by atoms with Gasteiger partial charge in [-0.25, -0.2) is 0 Å². The van der Waals surface area contributed by atoms with Crippen LogP contribution in [0.25, 0.3) is 0 Å². The molecule has 0 heterocycles. The quantitative estimate of drug-likeness (QED) is 0.913. The predicted octanol–water partition coefficient (Wildman–Crippen LogP) is 3.64. The molecule has 0 bridgehead atoms. The Bertz CT molecular complexity index is 714. The summed E-state index contributed by atoms with van der Waals surface area (Å²) in [5.41, 5.74) is 3.53. The van der Waals surface area contributed by atoms with Crippen molar-refractivity contribution >= 4 is 11.6 Å². The first-order chi connectivity index (χ1) is 11.7. The van der Waals surface area contributed by atoms with Crippen molar-refractivity contribution in [3.63, 3.8) is 0 Å². The van der Waals surface area contributed by atoms with Crippen LogP contribution >= 0.6 is 0 Å². The zero-order valence-electron chi connectivity index (χ0n) is 14.3. The number of carbonyl (C=O) groups excluding carboxylic acids is 1. The zero-order chi connectivity index (χ0) is 16.9. The number of ether oxygens (including phenoxy) is 1. The molecule has 0 saturated carbocycles. The van der Waals surface area contributed by atoms with Crippen LogP contribution in [-0.4, -0.2) is 31.5 Å². The Kier molecular flexibility index (Phi) is 5.16. The Morgan fingerprint density at radius 1 is 1.25 bits per heavy atom. The average molecular weight is 324 g/mol. The highest BCUT2D eigenvalue weighted by Crippen LogP contribution is 2.33. The van der Waals surface area contributed by atoms with Gasteiger partial charge in [0.2, 0.25) is 5.91 Å². The van der Waals surface area contributed by atoms with Crippen molar-refractivity contribution in [2.24, 2.45) is 0 Å². The SMILES string of the molecule is COc1cccc(NC(=O)CN(C)C2CCCc3ccccc32)c1. The molecule has 3 rings (SSSR count). The number of rotatable bonds is 5. The van der Waals surface area contributed by atoms with Crippen molar-refractivity contribution in [3.05, 3.63) is 59.7 Å². The monoisotopic (exact) mass is 324 g/mol. The molecule has 0 radical (unpaired) electrons. The summed E-state index contributed by atoms with van der Waals surface area (Å²) in [6.07, 6.45) is 3.40. The van der Waals surface area contributed by atoms with Crippen LogP contribution in [0.1, 0.15) is 30.0 Å². The maximum absolute atomic E-state index is 12.4. The standard InChI is InChI=1S/C20H24N2O2/c1-22(19-12-5-8-15-7-3-4-11-18(15)19)14-20(23)21-16-9-6-10-17(13-16)24-2/h3-4,6-7,9-11,13,19H,5,8,12,14H2,1-2H3,(H,21,23). The number of nitrogens with one attached hydrogen (secondary N) is 1. The molecule has 1 unspecified atom stereocenters. The lowest BCUT2D eigenvalue weighted by atomic mass is 9.87. The van der Waals surface area contributed by atoms with E-state index in [1.807, 2.05) is 31.3 Å². The summed E-state index contributed by atoms with van der Waals surface area (Å²) in [4.78, 5) is 14.5. The lowest BCUT2D eigenvalue weighted by molar-refractivity contribution is -0.117. The molecule has 0 fully saturated rings. The summed E-state index contributed by atoms with van der Waals surface area (Å²) in [6, 6.07) is 16.3. The van der Waals surface area contributed by atoms with Crippen LogP contribution < -0.4 is 10.1 Å². The van der Waals surface area contributed by atoms with Gasteiger partial charge in [-0.05, 0) is 49.6 Å². The number of methoxy groups -OCH3 is 1. The molecule has 4 nitrogen and oxygen atoms in total. The van der Waals surface area contributed by atoms with Crippen LogP contribution in [0.4, 0.5) is 5.69 Å². The Labute approximate surface area is 143 Å². The van der Waals surface area contributed by atoms with Gasteiger partial charge in [0.25, 0.3) is 0 Å². The second-order valence-electron chi connectivity index (χ2n) is 6.30. The van der Waals surface area contributed by atoms with E-state index in [4.69, 9.17) is 4.74 Å². The third-order valence-corrected chi connectivity index (χ3v) is 4.62. The molecule has 126 valence electrons. The summed E-state index contributed by atoms with van der Waals surface area (Å²) < 4.78 is 5.19. The minimum absolute atomic E-state index is 0.00573. The molecule has 24 heavy (non-hydrogen) atoms. The van der Waals surface area contributed by atoms with E-state index in [-0.39, 0.29) is 5.91 Å². The van der Waals surface area contributed by atoms with E-state index in [2.05, 4.69) is 34.5 Å². The first kappa shape index (κ1) is 16.5. The number of amides is 1. The molecular weight excluding hydrogens is 300 g/mol. The summed E-state index contributed by atoms with van der Waals surface area (Å²) in [5, 5.41) is 2.95. The number of carbonyl (C=O) groups is 1. The summed E-state index contributed by atoms with van der Waals surface area (Å²) in [7, 11) is 3.65. The van der Waals surface area contributed by atoms with Crippen LogP contribution in [0.15, 0.2) is 48.5 Å². The van der Waals surface area contributed by atoms with Gasteiger partial charge < -0.3 is 10.1 Å². The third-order valence-electron chi connectivity index (χ3n) is 4.62. The van der Waals surface area contributed by atoms with Crippen molar-refractivity contribution in [3.8, 4) is 5.75 Å². The molecular formula is C20H24N2O2. The van der Waals surface area contributed by atoms with E-state index in [9.17, 15) is 4.79 Å². The van der Waals surface area contributed by atoms with Gasteiger partial charge in [0.1, 0.15) is 5.75 Å². The molecule has 1 amide bonds. The van der Waals surface area contributed by atoms with E-state index < -0.39 is 0 Å². The van der Waals surface area contributed by atoms with Gasteiger partial charge in [-0.3, -0.25) is 9.69 Å². The van der Waals surface area contributed by atoms with E-state index in [0.717, 1.165) is 24.3 Å². The molecule has 0 aliphatic heterocycles. The highest BCUT2D eigenvalue weighted by molar-refractivity contribution is 5.92. The van der Waals surface area contributed by atoms with E-state index in [1.54, 1.807) is 7.11 Å². The minimum Gasteiger partial charge on any atom is -0.497 e. The van der Waals surface area contributed by atoms with Gasteiger partial charge in [0, 0.05) is 17.8 Å². The Balaban J connectivity index is 1.64. The van der Waals surface area contributed by atoms with Crippen LogP contribution in [0.3, 0.4) is 0 Å². The molecule has 4 heteroatoms. The van der Waals surface area contributed by atoms with Crippen LogP contribution in [-0.2, 0) is 11.2 Å². The lowest BCUT2D eigenvalue weighted by Gasteiger charge is -2.32. The molecule has 1 atom stereocenters. The smallest absolute Gasteiger partial charge is 0.238 e. The second-order valence-corrected chi connectivity index (χ2v) is 6.30. The second kappa shape index (κ2) is 7.49. The molecule has 1 aliphatic carbocycles. The molecule has 2 aromatic rings. The van der Waals surface area contributed by atoms with Crippen molar-refractivity contribution in [2.75, 3.05) is 26.0 Å². The number of benzene rings is 2. The Morgan fingerprint density at radius 3 is 2.92 bits per heavy atom. The maximum atomic E-state index is 12.4. The van der Waals surface area contributed by atoms with Crippen molar-refractivity contribution in [1.82, 2.24) is 4.90 Å². The summed E-state index contributed by atoms with van der Waals surface area (Å²) >= 11 is 0. The first-order valence-electron chi connectivity index (χ1n) is 8.39. The molecule has 1 aliphatic rings. The van der Waals surface area contributed by atoms with Gasteiger partial charge in [-0.2, -0.15) is 0 Å². The van der Waals surface area contributed by atoms with Gasteiger partial charge >= 0.3 is 0 Å². The number of hydrogen-bond donors (Lipinski definition) is 1. The van der Waals surface area contributed by atoms with Crippen LogP contribution in [0, 0.1) is 0 Å². The fourth-order valence-corrected chi connectivity index (χ4v) is 3.42. The number of nitrogens with zero attached hydrogens (tertiary/aromatic N) is 1. The molecule has 2 aromatic carbocycles. The van der Waals surface area contributed by atoms with Gasteiger partial charge in [0.05, 0.1) is 13.7 Å². The average Bonchev–Trinajstić information content (AvgIpc) is 2.61. The number of likely N-dealkylation sites (N-methyl/N-ethyl adjacent to an activating group) is 1. The van der Waals surface area contributed by atoms with Gasteiger partial charge in [-0.1, -0.05) is 30.3 Å². The summed E-state index contributed by atoms with van der Waals surface area (Å²) in [5.74, 6) is 0.733. The van der Waals surface area contributed by atoms with Gasteiger partial charge in [-0.15, -0.1) is 0 Å². The lowest BCUT2D eigenvalue weighted by Crippen LogP contribution is -2.34. The molecule has 0 saturated heterocycles. The first-order valence-corrected chi connectivity index (χ1v) is 8.39. The van der Waals surface area contributed by atoms with Crippen LogP contribution in [0.5, 0.6) is 5.75 Å². The fourth-order valence-electron chi connectivity index (χ4n) is 3.42. The highest BCUT2D eigenvalue weighted by atomic mass is 16.5. The molecule has 0 spiro atoms. The number of aryl methyl sites for hydroxylation is 1. The summed E-state index contributed by atoms with van der Waals surface area (Å²) in [6.45, 7) is 0.371. The van der Waals surface area contributed by atoms with Crippen molar-refractivity contribution in [1.29, 1.82) is 0 Å². The third kappa shape index (κ3) is 3.77. The van der Waals surface area contributed by atoms with Crippen molar-refractivity contribution in [2.45, 2.75) is 25.3 Å². The Hall–Kier alpha value is -2.33. The molecule has 1 N–H and O–H groups in total. The largest absolute Gasteiger partial charge is 0.497 e. The maximum Gasteiger partial charge on any atom is 0.238 e. The minimum atomic E-state index is -0.00573. The van der Waals surface area contributed by atoms with Crippen molar-refractivity contribution < 1.29 is 9.53 Å². The number of hydrogen-bond acceptors (Lipinski definition) is 3. The van der Waals surface area contributed by atoms with E-state index >= 15 is 0 Å². The number of anilines is 1. The Morgan fingerprint density at radius 2 is 2.08 bits per heavy atom. The molecule has 0 aromatic heterocycles. The van der Waals surface area contributed by atoms with E-state index in [0.29, 0.717) is 12.6 Å².